The van der Waals surface area contributed by atoms with Gasteiger partial charge in [-0.15, -0.1) is 0 Å². The van der Waals surface area contributed by atoms with Gasteiger partial charge in [-0.25, -0.2) is 9.69 Å². The molecule has 1 N–H and O–H groups in total. The van der Waals surface area contributed by atoms with Crippen molar-refractivity contribution < 1.29 is 9.59 Å². The second-order valence-electron chi connectivity index (χ2n) is 6.97. The zero-order chi connectivity index (χ0) is 18.0. The number of hydrogen-bond acceptors (Lipinski definition) is 3. The molecular formula is C21H23N3O2. The van der Waals surface area contributed by atoms with Gasteiger partial charge < -0.3 is 5.32 Å². The Morgan fingerprint density at radius 2 is 1.35 bits per heavy atom. The molecule has 0 atom stereocenters. The highest BCUT2D eigenvalue weighted by Gasteiger charge is 2.53. The van der Waals surface area contributed by atoms with E-state index in [-0.39, 0.29) is 11.9 Å². The summed E-state index contributed by atoms with van der Waals surface area (Å²) in [6.07, 6.45) is 3.45. The summed E-state index contributed by atoms with van der Waals surface area (Å²) in [7, 11) is 0. The fourth-order valence-corrected chi connectivity index (χ4v) is 3.94. The van der Waals surface area contributed by atoms with Crippen LogP contribution in [-0.2, 0) is 10.3 Å². The van der Waals surface area contributed by atoms with Crippen molar-refractivity contribution in [2.24, 2.45) is 0 Å². The molecule has 5 heteroatoms. The number of nitrogens with one attached hydrogen (secondary N) is 1. The normalized spacial score (nSPS) is 20.2. The lowest BCUT2D eigenvalue weighted by atomic mass is 9.83. The van der Waals surface area contributed by atoms with Crippen LogP contribution in [0, 0.1) is 0 Å². The number of piperidine rings is 1. The lowest BCUT2D eigenvalue weighted by Crippen LogP contribution is -2.47. The van der Waals surface area contributed by atoms with Crippen molar-refractivity contribution in [2.75, 3.05) is 19.8 Å². The number of imide groups is 1. The molecule has 2 aliphatic rings. The Hall–Kier alpha value is -2.66. The molecule has 0 radical (unpaired) electrons. The zero-order valence-corrected chi connectivity index (χ0v) is 14.7. The summed E-state index contributed by atoms with van der Waals surface area (Å²) >= 11 is 0. The highest BCUT2D eigenvalue weighted by molar-refractivity contribution is 6.09. The first-order valence-corrected chi connectivity index (χ1v) is 9.19. The highest BCUT2D eigenvalue weighted by Crippen LogP contribution is 2.36. The SMILES string of the molecule is O=C1NC(c2ccccc2)(c2ccccc2)C(=O)N1CN1CCCCC1. The summed E-state index contributed by atoms with van der Waals surface area (Å²) in [5, 5.41) is 3.00. The number of benzene rings is 2. The molecule has 4 rings (SSSR count). The Morgan fingerprint density at radius 1 is 0.808 bits per heavy atom. The minimum absolute atomic E-state index is 0.203. The molecule has 26 heavy (non-hydrogen) atoms. The van der Waals surface area contributed by atoms with Gasteiger partial charge in [-0.1, -0.05) is 67.1 Å². The number of likely N-dealkylation sites (tertiary alicyclic amines) is 1. The topological polar surface area (TPSA) is 52.7 Å². The second kappa shape index (κ2) is 6.92. The molecule has 0 aromatic heterocycles. The summed E-state index contributed by atoms with van der Waals surface area (Å²) < 4.78 is 0. The minimum atomic E-state index is -1.16. The van der Waals surface area contributed by atoms with Crippen LogP contribution in [0.3, 0.4) is 0 Å². The van der Waals surface area contributed by atoms with Gasteiger partial charge in [-0.3, -0.25) is 9.69 Å². The van der Waals surface area contributed by atoms with Crippen molar-refractivity contribution in [3.05, 3.63) is 71.8 Å². The van der Waals surface area contributed by atoms with Gasteiger partial charge in [0.25, 0.3) is 5.91 Å². The average molecular weight is 349 g/mol. The lowest BCUT2D eigenvalue weighted by molar-refractivity contribution is -0.131. The molecule has 2 heterocycles. The van der Waals surface area contributed by atoms with Crippen LogP contribution in [0.1, 0.15) is 30.4 Å². The fraction of sp³-hybridized carbons (Fsp3) is 0.333. The molecule has 2 aromatic carbocycles. The average Bonchev–Trinajstić information content (AvgIpc) is 2.96. The first-order chi connectivity index (χ1) is 12.7. The standard InChI is InChI=1S/C21H23N3O2/c25-19-21(17-10-4-1-5-11-17,18-12-6-2-7-13-18)22-20(26)24(19)16-23-14-8-3-9-15-23/h1-2,4-7,10-13H,3,8-9,14-16H2,(H,22,26). The summed E-state index contributed by atoms with van der Waals surface area (Å²) in [5.74, 6) is -0.203. The van der Waals surface area contributed by atoms with E-state index in [1.807, 2.05) is 60.7 Å². The maximum absolute atomic E-state index is 13.5. The van der Waals surface area contributed by atoms with Gasteiger partial charge in [0, 0.05) is 0 Å². The van der Waals surface area contributed by atoms with Crippen LogP contribution in [0.15, 0.2) is 60.7 Å². The van der Waals surface area contributed by atoms with Crippen LogP contribution >= 0.6 is 0 Å². The van der Waals surface area contributed by atoms with Crippen molar-refractivity contribution in [1.82, 2.24) is 15.1 Å². The maximum Gasteiger partial charge on any atom is 0.326 e. The number of carbonyl (C=O) groups excluding carboxylic acids is 2. The van der Waals surface area contributed by atoms with Crippen LogP contribution in [0.2, 0.25) is 0 Å². The molecule has 2 fully saturated rings. The molecule has 0 unspecified atom stereocenters. The number of urea groups is 1. The van der Waals surface area contributed by atoms with E-state index in [2.05, 4.69) is 10.2 Å². The van der Waals surface area contributed by atoms with Gasteiger partial charge in [-0.05, 0) is 37.1 Å². The maximum atomic E-state index is 13.5. The predicted molar refractivity (Wildman–Crippen MR) is 99.3 cm³/mol. The third-order valence-corrected chi connectivity index (χ3v) is 5.31. The Labute approximate surface area is 153 Å². The Bertz CT molecular complexity index is 746. The number of hydrogen-bond donors (Lipinski definition) is 1. The van der Waals surface area contributed by atoms with Crippen LogP contribution in [-0.4, -0.2) is 41.5 Å². The van der Waals surface area contributed by atoms with Crippen molar-refractivity contribution in [3.8, 4) is 0 Å². The van der Waals surface area contributed by atoms with E-state index in [4.69, 9.17) is 0 Å². The summed E-state index contributed by atoms with van der Waals surface area (Å²) in [6, 6.07) is 18.7. The van der Waals surface area contributed by atoms with Crippen molar-refractivity contribution >= 4 is 11.9 Å². The third-order valence-electron chi connectivity index (χ3n) is 5.31. The van der Waals surface area contributed by atoms with Crippen molar-refractivity contribution in [2.45, 2.75) is 24.8 Å². The first kappa shape index (κ1) is 16.8. The van der Waals surface area contributed by atoms with Crippen LogP contribution in [0.5, 0.6) is 0 Å². The Morgan fingerprint density at radius 3 is 1.88 bits per heavy atom. The lowest BCUT2D eigenvalue weighted by Gasteiger charge is -2.31. The Kier molecular flexibility index (Phi) is 4.47. The molecule has 0 aliphatic carbocycles. The van der Waals surface area contributed by atoms with Crippen LogP contribution < -0.4 is 5.32 Å². The van der Waals surface area contributed by atoms with Gasteiger partial charge >= 0.3 is 6.03 Å². The van der Waals surface area contributed by atoms with Crippen LogP contribution in [0.25, 0.3) is 0 Å². The highest BCUT2D eigenvalue weighted by atomic mass is 16.2. The number of carbonyl (C=O) groups is 2. The van der Waals surface area contributed by atoms with E-state index in [1.165, 1.54) is 11.3 Å². The molecule has 2 aliphatic heterocycles. The van der Waals surface area contributed by atoms with E-state index < -0.39 is 5.54 Å². The predicted octanol–water partition coefficient (Wildman–Crippen LogP) is 2.93. The zero-order valence-electron chi connectivity index (χ0n) is 14.7. The van der Waals surface area contributed by atoms with Gasteiger partial charge in [-0.2, -0.15) is 0 Å². The fourth-order valence-electron chi connectivity index (χ4n) is 3.94. The van der Waals surface area contributed by atoms with E-state index in [0.717, 1.165) is 37.1 Å². The van der Waals surface area contributed by atoms with Gasteiger partial charge in [0.2, 0.25) is 0 Å². The number of nitrogens with zero attached hydrogens (tertiary/aromatic N) is 2. The quantitative estimate of drug-likeness (QED) is 0.864. The van der Waals surface area contributed by atoms with E-state index in [1.54, 1.807) is 0 Å². The third kappa shape index (κ3) is 2.78. The van der Waals surface area contributed by atoms with Crippen LogP contribution in [0.4, 0.5) is 4.79 Å². The smallest absolute Gasteiger partial charge is 0.315 e. The molecule has 2 saturated heterocycles. The molecule has 0 spiro atoms. The van der Waals surface area contributed by atoms with E-state index in [9.17, 15) is 9.59 Å². The second-order valence-corrected chi connectivity index (χ2v) is 6.97. The molecule has 3 amide bonds. The molecule has 134 valence electrons. The minimum Gasteiger partial charge on any atom is -0.315 e. The van der Waals surface area contributed by atoms with Gasteiger partial charge in [0.05, 0.1) is 6.67 Å². The monoisotopic (exact) mass is 349 g/mol. The molecule has 5 nitrogen and oxygen atoms in total. The van der Waals surface area contributed by atoms with Gasteiger partial charge in [0.1, 0.15) is 0 Å². The first-order valence-electron chi connectivity index (χ1n) is 9.19. The van der Waals surface area contributed by atoms with Gasteiger partial charge in [0.15, 0.2) is 5.54 Å². The number of amides is 3. The molecular weight excluding hydrogens is 326 g/mol. The summed E-state index contributed by atoms with van der Waals surface area (Å²) in [4.78, 5) is 29.9. The summed E-state index contributed by atoms with van der Waals surface area (Å²) in [6.45, 7) is 2.22. The van der Waals surface area contributed by atoms with Crippen molar-refractivity contribution in [1.29, 1.82) is 0 Å². The largest absolute Gasteiger partial charge is 0.326 e. The van der Waals surface area contributed by atoms with E-state index >= 15 is 0 Å². The summed E-state index contributed by atoms with van der Waals surface area (Å²) in [5.41, 5.74) is 0.409. The number of rotatable bonds is 4. The molecule has 2 aromatic rings. The molecule has 0 bridgehead atoms. The van der Waals surface area contributed by atoms with E-state index in [0.29, 0.717) is 6.67 Å². The van der Waals surface area contributed by atoms with Crippen molar-refractivity contribution in [3.63, 3.8) is 0 Å². The Balaban J connectivity index is 1.73. The molecule has 0 saturated carbocycles.